The Bertz CT molecular complexity index is 440. The number of aliphatic hydroxyl groups is 1. The van der Waals surface area contributed by atoms with Crippen molar-refractivity contribution in [3.8, 4) is 0 Å². The van der Waals surface area contributed by atoms with Crippen molar-refractivity contribution >= 4 is 8.32 Å². The lowest BCUT2D eigenvalue weighted by Crippen LogP contribution is -2.60. The number of aliphatic hydroxyl groups excluding tert-OH is 1. The van der Waals surface area contributed by atoms with Gasteiger partial charge in [0.1, 0.15) is 0 Å². The molecule has 22 heavy (non-hydrogen) atoms. The summed E-state index contributed by atoms with van der Waals surface area (Å²) in [5.74, 6) is 0.347. The van der Waals surface area contributed by atoms with E-state index in [1.54, 1.807) is 0 Å². The average molecular weight is 327 g/mol. The maximum absolute atomic E-state index is 10.2. The normalized spacial score (nSPS) is 45.7. The van der Waals surface area contributed by atoms with E-state index in [-0.39, 0.29) is 22.2 Å². The summed E-state index contributed by atoms with van der Waals surface area (Å²) in [6.45, 7) is 14.0. The minimum absolute atomic E-state index is 0.0642. The average Bonchev–Trinajstić information content (AvgIpc) is 2.65. The second-order valence-corrected chi connectivity index (χ2v) is 14.4. The van der Waals surface area contributed by atoms with Crippen LogP contribution in [0.1, 0.15) is 66.2 Å². The van der Waals surface area contributed by atoms with Crippen molar-refractivity contribution in [2.45, 2.75) is 102 Å². The van der Waals surface area contributed by atoms with Crippen LogP contribution in [0, 0.1) is 11.3 Å². The molecule has 4 heteroatoms. The lowest BCUT2D eigenvalue weighted by atomic mass is 9.55. The third-order valence-corrected chi connectivity index (χ3v) is 11.9. The number of ether oxygens (including phenoxy) is 1. The summed E-state index contributed by atoms with van der Waals surface area (Å²) in [6.07, 6.45) is 6.38. The van der Waals surface area contributed by atoms with Gasteiger partial charge in [-0.1, -0.05) is 27.7 Å². The van der Waals surface area contributed by atoms with Gasteiger partial charge < -0.3 is 14.3 Å². The van der Waals surface area contributed by atoms with E-state index in [4.69, 9.17) is 9.16 Å². The summed E-state index contributed by atoms with van der Waals surface area (Å²) >= 11 is 0. The van der Waals surface area contributed by atoms with Gasteiger partial charge in [0.15, 0.2) is 14.6 Å². The standard InChI is InChI=1S/C18H34O3Si/c1-16(2,3)22(5,6)21-14-8-7-10-18-12-13(15(19)20-18)9-11-17(14,18)4/h13-15,19H,7-12H2,1-6H3/t13-,14+,15?,17-,18-/m1/s1. The van der Waals surface area contributed by atoms with Crippen LogP contribution in [0.15, 0.2) is 0 Å². The summed E-state index contributed by atoms with van der Waals surface area (Å²) in [5, 5.41) is 10.5. The van der Waals surface area contributed by atoms with E-state index in [9.17, 15) is 5.11 Å². The fourth-order valence-corrected chi connectivity index (χ4v) is 6.18. The Morgan fingerprint density at radius 1 is 1.18 bits per heavy atom. The van der Waals surface area contributed by atoms with Gasteiger partial charge in [-0.3, -0.25) is 0 Å². The highest BCUT2D eigenvalue weighted by molar-refractivity contribution is 6.74. The van der Waals surface area contributed by atoms with Crippen LogP contribution in [-0.4, -0.2) is 31.4 Å². The van der Waals surface area contributed by atoms with Crippen LogP contribution >= 0.6 is 0 Å². The van der Waals surface area contributed by atoms with Gasteiger partial charge >= 0.3 is 0 Å². The fourth-order valence-electron chi connectivity index (χ4n) is 4.74. The topological polar surface area (TPSA) is 38.7 Å². The maximum atomic E-state index is 10.2. The van der Waals surface area contributed by atoms with E-state index in [0.29, 0.717) is 5.92 Å². The van der Waals surface area contributed by atoms with Gasteiger partial charge in [0.05, 0.1) is 11.7 Å². The Labute approximate surface area is 136 Å². The summed E-state index contributed by atoms with van der Waals surface area (Å²) in [5.41, 5.74) is -0.0740. The van der Waals surface area contributed by atoms with Crippen molar-refractivity contribution in [3.05, 3.63) is 0 Å². The molecule has 2 aliphatic carbocycles. The highest BCUT2D eigenvalue weighted by Crippen LogP contribution is 2.62. The van der Waals surface area contributed by atoms with E-state index in [2.05, 4.69) is 40.8 Å². The minimum atomic E-state index is -1.78. The van der Waals surface area contributed by atoms with E-state index in [0.717, 1.165) is 38.5 Å². The van der Waals surface area contributed by atoms with Crippen LogP contribution in [0.4, 0.5) is 0 Å². The molecule has 3 aliphatic rings. The van der Waals surface area contributed by atoms with Crippen LogP contribution in [-0.2, 0) is 9.16 Å². The monoisotopic (exact) mass is 326 g/mol. The Morgan fingerprint density at radius 3 is 2.50 bits per heavy atom. The molecular weight excluding hydrogens is 292 g/mol. The Balaban J connectivity index is 1.87. The first-order valence-corrected chi connectivity index (χ1v) is 12.0. The molecule has 0 aromatic heterocycles. The molecule has 3 rings (SSSR count). The van der Waals surface area contributed by atoms with Crippen LogP contribution < -0.4 is 0 Å². The largest absolute Gasteiger partial charge is 0.413 e. The molecule has 1 heterocycles. The van der Waals surface area contributed by atoms with Crippen LogP contribution in [0.2, 0.25) is 18.1 Å². The van der Waals surface area contributed by atoms with E-state index in [1.165, 1.54) is 0 Å². The molecule has 1 spiro atoms. The second-order valence-electron chi connectivity index (χ2n) is 9.68. The predicted molar refractivity (Wildman–Crippen MR) is 91.2 cm³/mol. The minimum Gasteiger partial charge on any atom is -0.413 e. The third-order valence-electron chi connectivity index (χ3n) is 7.42. The number of hydrogen-bond donors (Lipinski definition) is 1. The highest BCUT2D eigenvalue weighted by atomic mass is 28.4. The molecule has 128 valence electrons. The third kappa shape index (κ3) is 2.33. The van der Waals surface area contributed by atoms with Crippen LogP contribution in [0.5, 0.6) is 0 Å². The highest BCUT2D eigenvalue weighted by Gasteiger charge is 2.64. The predicted octanol–water partition coefficient (Wildman–Crippen LogP) is 4.45. The van der Waals surface area contributed by atoms with Crippen molar-refractivity contribution < 1.29 is 14.3 Å². The number of hydrogen-bond acceptors (Lipinski definition) is 3. The molecule has 1 unspecified atom stereocenters. The lowest BCUT2D eigenvalue weighted by Gasteiger charge is -2.57. The molecule has 0 aromatic carbocycles. The molecule has 2 saturated carbocycles. The molecule has 0 radical (unpaired) electrons. The zero-order valence-electron chi connectivity index (χ0n) is 15.2. The molecule has 0 aromatic rings. The first-order valence-electron chi connectivity index (χ1n) is 9.05. The van der Waals surface area contributed by atoms with E-state index < -0.39 is 14.6 Å². The van der Waals surface area contributed by atoms with Gasteiger partial charge in [-0.2, -0.15) is 0 Å². The van der Waals surface area contributed by atoms with Gasteiger partial charge in [-0.05, 0) is 56.7 Å². The first kappa shape index (κ1) is 16.9. The number of rotatable bonds is 2. The second kappa shape index (κ2) is 5.04. The van der Waals surface area contributed by atoms with Crippen molar-refractivity contribution in [3.63, 3.8) is 0 Å². The van der Waals surface area contributed by atoms with Gasteiger partial charge in [0.25, 0.3) is 0 Å². The quantitative estimate of drug-likeness (QED) is 0.762. The van der Waals surface area contributed by atoms with Crippen molar-refractivity contribution in [1.82, 2.24) is 0 Å². The van der Waals surface area contributed by atoms with Gasteiger partial charge in [0, 0.05) is 11.3 Å². The molecule has 2 bridgehead atoms. The van der Waals surface area contributed by atoms with Gasteiger partial charge in [-0.15, -0.1) is 0 Å². The zero-order chi connectivity index (χ0) is 16.4. The molecule has 1 aliphatic heterocycles. The molecule has 3 fully saturated rings. The van der Waals surface area contributed by atoms with Crippen LogP contribution in [0.3, 0.4) is 0 Å². The SMILES string of the molecule is CC(C)(C)[Si](C)(C)O[C@H]1CCC[C@@]23C[C@@H](CC[C@]12C)C(O)O3. The van der Waals surface area contributed by atoms with Crippen molar-refractivity contribution in [2.24, 2.45) is 11.3 Å². The number of fused-ring (bicyclic) bond motifs is 1. The Hall–Kier alpha value is 0.0969. The maximum Gasteiger partial charge on any atom is 0.192 e. The molecule has 3 nitrogen and oxygen atoms in total. The molecule has 1 N–H and O–H groups in total. The summed E-state index contributed by atoms with van der Waals surface area (Å²) in [6, 6.07) is 0. The van der Waals surface area contributed by atoms with E-state index in [1.807, 2.05) is 0 Å². The fraction of sp³-hybridized carbons (Fsp3) is 1.00. The Kier molecular flexibility index (Phi) is 3.88. The van der Waals surface area contributed by atoms with E-state index >= 15 is 0 Å². The smallest absolute Gasteiger partial charge is 0.192 e. The first-order chi connectivity index (χ1) is 10.0. The lowest BCUT2D eigenvalue weighted by molar-refractivity contribution is -0.217. The molecule has 1 saturated heterocycles. The Morgan fingerprint density at radius 2 is 1.86 bits per heavy atom. The van der Waals surface area contributed by atoms with Crippen molar-refractivity contribution in [1.29, 1.82) is 0 Å². The zero-order valence-corrected chi connectivity index (χ0v) is 16.2. The molecular formula is C18H34O3Si. The molecule has 5 atom stereocenters. The summed E-state index contributed by atoms with van der Waals surface area (Å²) in [4.78, 5) is 0. The van der Waals surface area contributed by atoms with Crippen LogP contribution in [0.25, 0.3) is 0 Å². The van der Waals surface area contributed by atoms with Gasteiger partial charge in [0.2, 0.25) is 0 Å². The summed E-state index contributed by atoms with van der Waals surface area (Å²) < 4.78 is 13.1. The van der Waals surface area contributed by atoms with Gasteiger partial charge in [-0.25, -0.2) is 0 Å². The molecule has 0 amide bonds. The van der Waals surface area contributed by atoms with Crippen molar-refractivity contribution in [2.75, 3.05) is 0 Å². The summed E-state index contributed by atoms with van der Waals surface area (Å²) in [7, 11) is -1.78.